The van der Waals surface area contributed by atoms with Crippen LogP contribution in [-0.2, 0) is 11.3 Å². The number of hydrogen-bond donors (Lipinski definition) is 1. The number of anilines is 1. The third-order valence-corrected chi connectivity index (χ3v) is 3.01. The van der Waals surface area contributed by atoms with Crippen molar-refractivity contribution in [3.05, 3.63) is 11.9 Å². The molecule has 100 valence electrons. The summed E-state index contributed by atoms with van der Waals surface area (Å²) in [6, 6.07) is -0.0709. The lowest BCUT2D eigenvalue weighted by Gasteiger charge is -2.35. The summed E-state index contributed by atoms with van der Waals surface area (Å²) in [5, 5.41) is 0. The van der Waals surface area contributed by atoms with Crippen molar-refractivity contribution in [1.29, 1.82) is 0 Å². The van der Waals surface area contributed by atoms with Crippen LogP contribution in [0.5, 0.6) is 0 Å². The van der Waals surface area contributed by atoms with Gasteiger partial charge in [0.2, 0.25) is 0 Å². The van der Waals surface area contributed by atoms with Crippen LogP contribution in [0, 0.1) is 0 Å². The molecule has 0 fully saturated rings. The van der Waals surface area contributed by atoms with Gasteiger partial charge in [0, 0.05) is 13.1 Å². The Labute approximate surface area is 107 Å². The molecule has 2 heterocycles. The summed E-state index contributed by atoms with van der Waals surface area (Å²) >= 11 is 0. The molecule has 0 saturated carbocycles. The Morgan fingerprint density at radius 2 is 2.17 bits per heavy atom. The van der Waals surface area contributed by atoms with Crippen LogP contribution < -0.4 is 5.73 Å². The number of nitrogens with zero attached hydrogens (tertiary/aromatic N) is 3. The average molecular weight is 252 g/mol. The van der Waals surface area contributed by atoms with Crippen molar-refractivity contribution in [2.24, 2.45) is 0 Å². The van der Waals surface area contributed by atoms with Gasteiger partial charge in [-0.3, -0.25) is 4.90 Å². The molecule has 1 aromatic rings. The van der Waals surface area contributed by atoms with Crippen molar-refractivity contribution >= 4 is 12.0 Å². The number of hydrogen-bond acceptors (Lipinski definition) is 4. The number of fused-ring (bicyclic) bond motifs is 1. The minimum atomic E-state index is -0.479. The van der Waals surface area contributed by atoms with Crippen LogP contribution in [0.1, 0.15) is 39.4 Å². The SMILES string of the molecule is CC1c2cnc(N)n2CCN1C(=O)OC(C)(C)C. The minimum absolute atomic E-state index is 0.0709. The zero-order chi connectivity index (χ0) is 13.5. The molecule has 0 aromatic carbocycles. The second kappa shape index (κ2) is 4.19. The highest BCUT2D eigenvalue weighted by molar-refractivity contribution is 5.69. The molecule has 2 rings (SSSR count). The standard InChI is InChI=1S/C12H20N4O2/c1-8-9-7-14-10(13)16(9)6-5-15(8)11(17)18-12(2,3)4/h7-8H,5-6H2,1-4H3,(H2,13,14). The van der Waals surface area contributed by atoms with Gasteiger partial charge in [-0.05, 0) is 27.7 Å². The summed E-state index contributed by atoms with van der Waals surface area (Å²) in [5.41, 5.74) is 6.23. The fraction of sp³-hybridized carbons (Fsp3) is 0.667. The molecule has 0 bridgehead atoms. The van der Waals surface area contributed by atoms with Gasteiger partial charge in [0.1, 0.15) is 5.60 Å². The number of aromatic nitrogens is 2. The number of nitrogens with two attached hydrogens (primary N) is 1. The summed E-state index contributed by atoms with van der Waals surface area (Å²) in [6.45, 7) is 8.79. The Hall–Kier alpha value is -1.72. The van der Waals surface area contributed by atoms with Crippen LogP contribution in [0.3, 0.4) is 0 Å². The molecule has 6 nitrogen and oxygen atoms in total. The Kier molecular flexibility index (Phi) is 2.96. The van der Waals surface area contributed by atoms with Gasteiger partial charge in [-0.25, -0.2) is 9.78 Å². The highest BCUT2D eigenvalue weighted by Crippen LogP contribution is 2.28. The lowest BCUT2D eigenvalue weighted by molar-refractivity contribution is 0.0128. The number of carbonyl (C=O) groups excluding carboxylic acids is 1. The van der Waals surface area contributed by atoms with Gasteiger partial charge in [-0.15, -0.1) is 0 Å². The van der Waals surface area contributed by atoms with Gasteiger partial charge >= 0.3 is 6.09 Å². The Balaban J connectivity index is 2.17. The molecule has 1 aromatic heterocycles. The van der Waals surface area contributed by atoms with Crippen molar-refractivity contribution in [3.8, 4) is 0 Å². The molecule has 0 aliphatic carbocycles. The van der Waals surface area contributed by atoms with Crippen molar-refractivity contribution < 1.29 is 9.53 Å². The molecule has 1 aliphatic heterocycles. The fourth-order valence-electron chi connectivity index (χ4n) is 2.11. The molecule has 1 atom stereocenters. The maximum absolute atomic E-state index is 12.1. The van der Waals surface area contributed by atoms with E-state index in [0.717, 1.165) is 5.69 Å². The van der Waals surface area contributed by atoms with Crippen LogP contribution in [0.15, 0.2) is 6.20 Å². The lowest BCUT2D eigenvalue weighted by Crippen LogP contribution is -2.43. The zero-order valence-electron chi connectivity index (χ0n) is 11.3. The summed E-state index contributed by atoms with van der Waals surface area (Å²) in [4.78, 5) is 17.9. The van der Waals surface area contributed by atoms with Gasteiger partial charge in [0.05, 0.1) is 17.9 Å². The zero-order valence-corrected chi connectivity index (χ0v) is 11.3. The molecule has 6 heteroatoms. The van der Waals surface area contributed by atoms with E-state index in [-0.39, 0.29) is 12.1 Å². The van der Waals surface area contributed by atoms with Crippen molar-refractivity contribution in [3.63, 3.8) is 0 Å². The number of amides is 1. The van der Waals surface area contributed by atoms with E-state index in [1.165, 1.54) is 0 Å². The van der Waals surface area contributed by atoms with Gasteiger partial charge < -0.3 is 15.0 Å². The van der Waals surface area contributed by atoms with Crippen molar-refractivity contribution in [1.82, 2.24) is 14.5 Å². The first-order valence-electron chi connectivity index (χ1n) is 6.10. The lowest BCUT2D eigenvalue weighted by atomic mass is 10.1. The number of imidazole rings is 1. The largest absolute Gasteiger partial charge is 0.444 e. The van der Waals surface area contributed by atoms with Crippen LogP contribution in [-0.4, -0.2) is 32.7 Å². The van der Waals surface area contributed by atoms with Crippen molar-refractivity contribution in [2.45, 2.75) is 45.9 Å². The Bertz CT molecular complexity index is 461. The molecule has 0 radical (unpaired) electrons. The molecule has 2 N–H and O–H groups in total. The Morgan fingerprint density at radius 3 is 2.78 bits per heavy atom. The molecule has 18 heavy (non-hydrogen) atoms. The quantitative estimate of drug-likeness (QED) is 0.763. The van der Waals surface area contributed by atoms with Crippen LogP contribution in [0.4, 0.5) is 10.7 Å². The topological polar surface area (TPSA) is 73.4 Å². The maximum atomic E-state index is 12.1. The van der Waals surface area contributed by atoms with Crippen LogP contribution in [0.25, 0.3) is 0 Å². The third-order valence-electron chi connectivity index (χ3n) is 3.01. The van der Waals surface area contributed by atoms with E-state index in [9.17, 15) is 4.79 Å². The maximum Gasteiger partial charge on any atom is 0.410 e. The second-order valence-corrected chi connectivity index (χ2v) is 5.54. The van der Waals surface area contributed by atoms with E-state index in [0.29, 0.717) is 19.0 Å². The first-order valence-corrected chi connectivity index (χ1v) is 6.10. The molecule has 1 amide bonds. The normalized spacial score (nSPS) is 19.6. The van der Waals surface area contributed by atoms with Gasteiger partial charge in [-0.1, -0.05) is 0 Å². The average Bonchev–Trinajstić information content (AvgIpc) is 2.59. The number of nitrogen functional groups attached to an aromatic ring is 1. The van der Waals surface area contributed by atoms with Gasteiger partial charge in [0.15, 0.2) is 5.95 Å². The minimum Gasteiger partial charge on any atom is -0.444 e. The monoisotopic (exact) mass is 252 g/mol. The number of rotatable bonds is 0. The first-order chi connectivity index (χ1) is 8.29. The highest BCUT2D eigenvalue weighted by Gasteiger charge is 2.32. The molecular weight excluding hydrogens is 232 g/mol. The van der Waals surface area contributed by atoms with Crippen LogP contribution >= 0.6 is 0 Å². The fourth-order valence-corrected chi connectivity index (χ4v) is 2.11. The van der Waals surface area contributed by atoms with E-state index in [4.69, 9.17) is 10.5 Å². The summed E-state index contributed by atoms with van der Waals surface area (Å²) in [6.07, 6.45) is 1.43. The van der Waals surface area contributed by atoms with Gasteiger partial charge in [0.25, 0.3) is 0 Å². The van der Waals surface area contributed by atoms with Crippen molar-refractivity contribution in [2.75, 3.05) is 12.3 Å². The van der Waals surface area contributed by atoms with E-state index in [1.54, 1.807) is 11.1 Å². The smallest absolute Gasteiger partial charge is 0.410 e. The van der Waals surface area contributed by atoms with E-state index >= 15 is 0 Å². The predicted octanol–water partition coefficient (Wildman–Crippen LogP) is 1.78. The summed E-state index contributed by atoms with van der Waals surface area (Å²) < 4.78 is 7.33. The molecule has 1 unspecified atom stereocenters. The van der Waals surface area contributed by atoms with Crippen LogP contribution in [0.2, 0.25) is 0 Å². The molecule has 1 aliphatic rings. The Morgan fingerprint density at radius 1 is 1.50 bits per heavy atom. The predicted molar refractivity (Wildman–Crippen MR) is 68.0 cm³/mol. The van der Waals surface area contributed by atoms with E-state index in [1.807, 2.05) is 32.3 Å². The van der Waals surface area contributed by atoms with E-state index < -0.39 is 5.60 Å². The highest BCUT2D eigenvalue weighted by atomic mass is 16.6. The van der Waals surface area contributed by atoms with Gasteiger partial charge in [-0.2, -0.15) is 0 Å². The molecule has 0 saturated heterocycles. The summed E-state index contributed by atoms with van der Waals surface area (Å²) in [7, 11) is 0. The third kappa shape index (κ3) is 2.27. The molecule has 0 spiro atoms. The molecular formula is C12H20N4O2. The summed E-state index contributed by atoms with van der Waals surface area (Å²) in [5.74, 6) is 0.501. The first kappa shape index (κ1) is 12.7. The number of ether oxygens (including phenoxy) is 1. The second-order valence-electron chi connectivity index (χ2n) is 5.54. The van der Waals surface area contributed by atoms with E-state index in [2.05, 4.69) is 4.98 Å². The number of carbonyl (C=O) groups is 1.